The maximum Gasteiger partial charge on any atom is 0.155 e. The topological polar surface area (TPSA) is 48.0 Å². The maximum atomic E-state index is 12.2. The minimum absolute atomic E-state index is 0.0215. The quantitative estimate of drug-likeness (QED) is 0.316. The predicted molar refractivity (Wildman–Crippen MR) is 150 cm³/mol. The summed E-state index contributed by atoms with van der Waals surface area (Å²) >= 11 is 0. The summed E-state index contributed by atoms with van der Waals surface area (Å²) in [6, 6.07) is 0.502. The van der Waals surface area contributed by atoms with Crippen molar-refractivity contribution in [2.45, 2.75) is 103 Å². The summed E-state index contributed by atoms with van der Waals surface area (Å²) < 4.78 is 18.3. The molecule has 6 aliphatic rings. The minimum Gasteiger partial charge on any atom is -0.382 e. The van der Waals surface area contributed by atoms with E-state index in [1.807, 2.05) is 6.08 Å². The molecule has 0 amide bonds. The molecule has 0 aromatic heterocycles. The van der Waals surface area contributed by atoms with Crippen LogP contribution in [0.2, 0.25) is 0 Å². The van der Waals surface area contributed by atoms with Gasteiger partial charge >= 0.3 is 0 Å². The Morgan fingerprint density at radius 1 is 1.13 bits per heavy atom. The number of hydrogen-bond donors (Lipinski definition) is 0. The van der Waals surface area contributed by atoms with Gasteiger partial charge in [-0.1, -0.05) is 37.5 Å². The number of nitrogens with zero attached hydrogens (tertiary/aromatic N) is 1. The van der Waals surface area contributed by atoms with Crippen LogP contribution in [0.4, 0.5) is 0 Å². The van der Waals surface area contributed by atoms with Crippen LogP contribution in [0, 0.1) is 35.0 Å². The molecular weight excluding hydrogens is 474 g/mol. The van der Waals surface area contributed by atoms with E-state index >= 15 is 0 Å². The highest BCUT2D eigenvalue weighted by molar-refractivity contribution is 5.91. The number of ether oxygens (including phenoxy) is 3. The average Bonchev–Trinajstić information content (AvgIpc) is 3.34. The lowest BCUT2D eigenvalue weighted by atomic mass is 9.56. The molecule has 2 aliphatic heterocycles. The summed E-state index contributed by atoms with van der Waals surface area (Å²) in [7, 11) is 1.73. The Bertz CT molecular complexity index is 987. The van der Waals surface area contributed by atoms with Crippen LogP contribution in [-0.2, 0) is 19.0 Å². The van der Waals surface area contributed by atoms with Crippen LogP contribution < -0.4 is 0 Å². The highest BCUT2D eigenvalue weighted by Crippen LogP contribution is 2.64. The molecule has 5 nitrogen and oxygen atoms in total. The Kier molecular flexibility index (Phi) is 7.46. The smallest absolute Gasteiger partial charge is 0.155 e. The minimum atomic E-state index is -0.0215. The molecule has 0 N–H and O–H groups in total. The number of likely N-dealkylation sites (tertiary alicyclic amines) is 1. The Hall–Kier alpha value is -1.01. The van der Waals surface area contributed by atoms with Crippen LogP contribution in [-0.4, -0.2) is 68.4 Å². The third-order valence-electron chi connectivity index (χ3n) is 12.1. The number of allylic oxidation sites excluding steroid dienone is 3. The van der Waals surface area contributed by atoms with Gasteiger partial charge in [-0.3, -0.25) is 9.69 Å². The lowest BCUT2D eigenvalue weighted by molar-refractivity contribution is -0.116. The van der Waals surface area contributed by atoms with Gasteiger partial charge in [0.1, 0.15) is 0 Å². The molecule has 4 aliphatic carbocycles. The summed E-state index contributed by atoms with van der Waals surface area (Å²) in [5.41, 5.74) is 5.10. The van der Waals surface area contributed by atoms with Crippen LogP contribution in [0.5, 0.6) is 0 Å². The largest absolute Gasteiger partial charge is 0.382 e. The normalized spacial score (nSPS) is 44.9. The SMILES string of the molecule is COCCOCCN1CC(C)C[C@H]2O[C@]3(CC[C@@H]4C(=C(C)C3)C[C@H]3C4CCC4=CC(=O)CCC43C)[C@H](C)[C@@H]21. The molecule has 5 heteroatoms. The van der Waals surface area contributed by atoms with Crippen molar-refractivity contribution in [1.82, 2.24) is 4.90 Å². The molecule has 9 atom stereocenters. The Labute approximate surface area is 230 Å². The van der Waals surface area contributed by atoms with Crippen molar-refractivity contribution < 1.29 is 19.0 Å². The van der Waals surface area contributed by atoms with Crippen molar-refractivity contribution in [1.29, 1.82) is 0 Å². The fourth-order valence-corrected chi connectivity index (χ4v) is 10.2. The van der Waals surface area contributed by atoms with E-state index in [9.17, 15) is 4.79 Å². The summed E-state index contributed by atoms with van der Waals surface area (Å²) in [4.78, 5) is 14.9. The number of hydrogen-bond acceptors (Lipinski definition) is 5. The number of piperidine rings is 1. The number of carbonyl (C=O) groups is 1. The first-order valence-electron chi connectivity index (χ1n) is 15.7. The highest BCUT2D eigenvalue weighted by Gasteiger charge is 2.59. The number of ketones is 1. The van der Waals surface area contributed by atoms with E-state index in [0.717, 1.165) is 63.1 Å². The summed E-state index contributed by atoms with van der Waals surface area (Å²) in [6.07, 6.45) is 12.6. The molecule has 38 heavy (non-hydrogen) atoms. The molecule has 0 radical (unpaired) electrons. The molecule has 0 bridgehead atoms. The average molecular weight is 526 g/mol. The lowest BCUT2D eigenvalue weighted by Crippen LogP contribution is -2.52. The first-order valence-corrected chi connectivity index (χ1v) is 15.7. The molecule has 2 saturated carbocycles. The zero-order valence-corrected chi connectivity index (χ0v) is 24.6. The Balaban J connectivity index is 1.21. The van der Waals surface area contributed by atoms with Gasteiger partial charge in [0, 0.05) is 38.6 Å². The standard InChI is InChI=1S/C33H51NO4/c1-21-16-30-31(34(20-21)12-13-37-15-14-36-5)23(3)33(38-30)11-9-26-27-7-6-24-17-25(35)8-10-32(24,4)29(27)18-28(26)22(2)19-33/h17,21,23,26-27,29-31H,6-16,18-20H2,1-5H3/t21?,23-,26+,27?,29+,30-,31+,32?,33+/m1/s1. The molecule has 2 heterocycles. The third kappa shape index (κ3) is 4.48. The van der Waals surface area contributed by atoms with E-state index in [1.165, 1.54) is 37.7 Å². The molecule has 4 fully saturated rings. The van der Waals surface area contributed by atoms with E-state index in [4.69, 9.17) is 14.2 Å². The van der Waals surface area contributed by atoms with E-state index in [0.29, 0.717) is 43.0 Å². The molecule has 2 saturated heterocycles. The van der Waals surface area contributed by atoms with E-state index < -0.39 is 0 Å². The number of methoxy groups -OCH3 is 1. The molecular formula is C33H51NO4. The first kappa shape index (κ1) is 27.2. The van der Waals surface area contributed by atoms with Crippen LogP contribution in [0.3, 0.4) is 0 Å². The second kappa shape index (κ2) is 10.4. The van der Waals surface area contributed by atoms with Crippen LogP contribution in [0.15, 0.2) is 22.8 Å². The Morgan fingerprint density at radius 2 is 1.97 bits per heavy atom. The molecule has 0 aromatic carbocycles. The van der Waals surface area contributed by atoms with Crippen LogP contribution >= 0.6 is 0 Å². The molecule has 6 rings (SSSR count). The van der Waals surface area contributed by atoms with Crippen LogP contribution in [0.1, 0.15) is 85.5 Å². The number of carbonyl (C=O) groups excluding carboxylic acids is 1. The van der Waals surface area contributed by atoms with E-state index in [1.54, 1.807) is 18.3 Å². The number of rotatable bonds is 6. The van der Waals surface area contributed by atoms with E-state index in [-0.39, 0.29) is 11.0 Å². The summed E-state index contributed by atoms with van der Waals surface area (Å²) in [5, 5.41) is 0. The van der Waals surface area contributed by atoms with Gasteiger partial charge in [0.05, 0.1) is 31.5 Å². The van der Waals surface area contributed by atoms with Gasteiger partial charge in [0.2, 0.25) is 0 Å². The second-order valence-corrected chi connectivity index (χ2v) is 14.1. The third-order valence-corrected chi connectivity index (χ3v) is 12.1. The van der Waals surface area contributed by atoms with Crippen molar-refractivity contribution in [3.05, 3.63) is 22.8 Å². The van der Waals surface area contributed by atoms with Gasteiger partial charge in [-0.25, -0.2) is 0 Å². The fourth-order valence-electron chi connectivity index (χ4n) is 10.2. The second-order valence-electron chi connectivity index (χ2n) is 14.1. The van der Waals surface area contributed by atoms with Crippen molar-refractivity contribution in [3.63, 3.8) is 0 Å². The zero-order chi connectivity index (χ0) is 26.7. The monoisotopic (exact) mass is 525 g/mol. The number of fused-ring (bicyclic) bond motifs is 6. The van der Waals surface area contributed by atoms with Gasteiger partial charge in [0.15, 0.2) is 5.78 Å². The van der Waals surface area contributed by atoms with Crippen molar-refractivity contribution in [2.75, 3.05) is 40.0 Å². The van der Waals surface area contributed by atoms with Gasteiger partial charge < -0.3 is 14.2 Å². The molecule has 212 valence electrons. The summed E-state index contributed by atoms with van der Waals surface area (Å²) in [5.74, 6) is 3.78. The summed E-state index contributed by atoms with van der Waals surface area (Å²) in [6.45, 7) is 14.1. The first-order chi connectivity index (χ1) is 18.3. The van der Waals surface area contributed by atoms with Gasteiger partial charge in [-0.15, -0.1) is 0 Å². The molecule has 0 aromatic rings. The zero-order valence-electron chi connectivity index (χ0n) is 24.6. The van der Waals surface area contributed by atoms with Crippen molar-refractivity contribution in [2.24, 2.45) is 35.0 Å². The lowest BCUT2D eigenvalue weighted by Gasteiger charge is -2.48. The molecule has 3 unspecified atom stereocenters. The maximum absolute atomic E-state index is 12.2. The Morgan fingerprint density at radius 3 is 2.79 bits per heavy atom. The van der Waals surface area contributed by atoms with Crippen molar-refractivity contribution in [3.8, 4) is 0 Å². The predicted octanol–water partition coefficient (Wildman–Crippen LogP) is 5.98. The van der Waals surface area contributed by atoms with Gasteiger partial charge in [0.25, 0.3) is 0 Å². The molecule has 1 spiro atoms. The fraction of sp³-hybridized carbons (Fsp3) is 0.848. The van der Waals surface area contributed by atoms with Gasteiger partial charge in [-0.05, 0) is 93.5 Å². The van der Waals surface area contributed by atoms with E-state index in [2.05, 4.69) is 32.6 Å². The van der Waals surface area contributed by atoms with Crippen molar-refractivity contribution >= 4 is 5.78 Å². The van der Waals surface area contributed by atoms with Gasteiger partial charge in [-0.2, -0.15) is 0 Å². The van der Waals surface area contributed by atoms with Crippen LogP contribution in [0.25, 0.3) is 0 Å². The highest BCUT2D eigenvalue weighted by atomic mass is 16.5.